The summed E-state index contributed by atoms with van der Waals surface area (Å²) in [5.74, 6) is 0.678. The lowest BCUT2D eigenvalue weighted by Crippen LogP contribution is -2.32. The van der Waals surface area contributed by atoms with Gasteiger partial charge in [0.05, 0.1) is 4.88 Å². The van der Waals surface area contributed by atoms with Gasteiger partial charge in [0.2, 0.25) is 0 Å². The summed E-state index contributed by atoms with van der Waals surface area (Å²) in [6.07, 6.45) is 3.54. The third-order valence-electron chi connectivity index (χ3n) is 4.19. The highest BCUT2D eigenvalue weighted by Crippen LogP contribution is 2.31. The standard InChI is InChI=1S/C16H20BrN3OS2/c1-20-6-3-11(4-7-20)2-5-18-15(21)13-10-23-16(19-13)14-8-12(17)9-22-14/h8-11H,2-7H2,1H3,(H,18,21). The van der Waals surface area contributed by atoms with Crippen LogP contribution in [0.3, 0.4) is 0 Å². The molecule has 0 spiro atoms. The predicted octanol–water partition coefficient (Wildman–Crippen LogP) is 4.10. The van der Waals surface area contributed by atoms with Gasteiger partial charge in [0, 0.05) is 21.8 Å². The molecule has 2 aromatic heterocycles. The molecule has 0 radical (unpaired) electrons. The Bertz CT molecular complexity index is 662. The fraction of sp³-hybridized carbons (Fsp3) is 0.500. The van der Waals surface area contributed by atoms with Gasteiger partial charge in [0.15, 0.2) is 0 Å². The van der Waals surface area contributed by atoms with E-state index in [2.05, 4.69) is 38.2 Å². The van der Waals surface area contributed by atoms with E-state index in [0.717, 1.165) is 33.2 Å². The first-order chi connectivity index (χ1) is 11.1. The highest BCUT2D eigenvalue weighted by Gasteiger charge is 2.17. The van der Waals surface area contributed by atoms with Crippen LogP contribution in [-0.4, -0.2) is 42.5 Å². The number of hydrogen-bond acceptors (Lipinski definition) is 5. The zero-order valence-corrected chi connectivity index (χ0v) is 16.3. The number of piperidine rings is 1. The molecule has 4 nitrogen and oxygen atoms in total. The SMILES string of the molecule is CN1CCC(CCNC(=O)c2csc(-c3cc(Br)cs3)n2)CC1. The Morgan fingerprint density at radius 1 is 1.39 bits per heavy atom. The Kier molecular flexibility index (Phi) is 5.85. The smallest absolute Gasteiger partial charge is 0.270 e. The number of hydrogen-bond donors (Lipinski definition) is 1. The fourth-order valence-electron chi connectivity index (χ4n) is 2.75. The average molecular weight is 414 g/mol. The molecule has 23 heavy (non-hydrogen) atoms. The predicted molar refractivity (Wildman–Crippen MR) is 100 cm³/mol. The monoisotopic (exact) mass is 413 g/mol. The van der Waals surface area contributed by atoms with Gasteiger partial charge in [-0.05, 0) is 67.3 Å². The number of amides is 1. The van der Waals surface area contributed by atoms with Crippen molar-refractivity contribution in [1.82, 2.24) is 15.2 Å². The quantitative estimate of drug-likeness (QED) is 0.802. The van der Waals surface area contributed by atoms with E-state index in [4.69, 9.17) is 0 Å². The number of aromatic nitrogens is 1. The molecule has 0 unspecified atom stereocenters. The van der Waals surface area contributed by atoms with E-state index in [9.17, 15) is 4.79 Å². The molecular formula is C16H20BrN3OS2. The minimum atomic E-state index is -0.0592. The van der Waals surface area contributed by atoms with Crippen molar-refractivity contribution in [2.75, 3.05) is 26.7 Å². The van der Waals surface area contributed by atoms with Crippen LogP contribution in [0, 0.1) is 5.92 Å². The van der Waals surface area contributed by atoms with Gasteiger partial charge in [-0.2, -0.15) is 0 Å². The van der Waals surface area contributed by atoms with Crippen molar-refractivity contribution >= 4 is 44.5 Å². The summed E-state index contributed by atoms with van der Waals surface area (Å²) in [6.45, 7) is 3.08. The summed E-state index contributed by atoms with van der Waals surface area (Å²) in [5, 5.41) is 7.78. The van der Waals surface area contributed by atoms with Gasteiger partial charge in [-0.25, -0.2) is 4.98 Å². The fourth-order valence-corrected chi connectivity index (χ4v) is 5.06. The number of halogens is 1. The summed E-state index contributed by atoms with van der Waals surface area (Å²) >= 11 is 6.59. The Labute approximate surface area is 153 Å². The van der Waals surface area contributed by atoms with E-state index in [1.54, 1.807) is 11.3 Å². The van der Waals surface area contributed by atoms with Crippen LogP contribution in [-0.2, 0) is 0 Å². The van der Waals surface area contributed by atoms with Crippen molar-refractivity contribution in [2.45, 2.75) is 19.3 Å². The van der Waals surface area contributed by atoms with E-state index in [0.29, 0.717) is 5.69 Å². The average Bonchev–Trinajstić information content (AvgIpc) is 3.18. The van der Waals surface area contributed by atoms with Crippen LogP contribution in [0.4, 0.5) is 0 Å². The van der Waals surface area contributed by atoms with Crippen molar-refractivity contribution in [1.29, 1.82) is 0 Å². The second kappa shape index (κ2) is 7.88. The third-order valence-corrected chi connectivity index (χ3v) is 6.89. The minimum absolute atomic E-state index is 0.0592. The maximum absolute atomic E-state index is 12.2. The molecule has 124 valence electrons. The minimum Gasteiger partial charge on any atom is -0.351 e. The summed E-state index contributed by atoms with van der Waals surface area (Å²) < 4.78 is 1.05. The lowest BCUT2D eigenvalue weighted by molar-refractivity contribution is 0.0944. The van der Waals surface area contributed by atoms with Gasteiger partial charge in [0.25, 0.3) is 5.91 Å². The van der Waals surface area contributed by atoms with Crippen LogP contribution in [0.1, 0.15) is 29.8 Å². The van der Waals surface area contributed by atoms with E-state index >= 15 is 0 Å². The van der Waals surface area contributed by atoms with Crippen LogP contribution in [0.5, 0.6) is 0 Å². The number of nitrogens with zero attached hydrogens (tertiary/aromatic N) is 2. The van der Waals surface area contributed by atoms with Gasteiger partial charge in [0.1, 0.15) is 10.7 Å². The first-order valence-electron chi connectivity index (χ1n) is 7.78. The molecule has 0 saturated carbocycles. The molecule has 3 rings (SSSR count). The molecular weight excluding hydrogens is 394 g/mol. The Balaban J connectivity index is 1.48. The van der Waals surface area contributed by atoms with E-state index < -0.39 is 0 Å². The molecule has 1 fully saturated rings. The molecule has 1 amide bonds. The topological polar surface area (TPSA) is 45.2 Å². The van der Waals surface area contributed by atoms with E-state index in [-0.39, 0.29) is 5.91 Å². The normalized spacial score (nSPS) is 16.6. The van der Waals surface area contributed by atoms with Crippen LogP contribution in [0.15, 0.2) is 21.3 Å². The van der Waals surface area contributed by atoms with Crippen LogP contribution in [0.25, 0.3) is 9.88 Å². The highest BCUT2D eigenvalue weighted by molar-refractivity contribution is 9.10. The molecule has 1 aliphatic heterocycles. The number of carbonyl (C=O) groups is 1. The van der Waals surface area contributed by atoms with Crippen molar-refractivity contribution < 1.29 is 4.79 Å². The summed E-state index contributed by atoms with van der Waals surface area (Å²) in [6, 6.07) is 2.03. The number of likely N-dealkylation sites (tertiary alicyclic amines) is 1. The van der Waals surface area contributed by atoms with Gasteiger partial charge in [-0.1, -0.05) is 0 Å². The van der Waals surface area contributed by atoms with Crippen molar-refractivity contribution in [3.8, 4) is 9.88 Å². The highest BCUT2D eigenvalue weighted by atomic mass is 79.9. The Morgan fingerprint density at radius 2 is 2.17 bits per heavy atom. The maximum Gasteiger partial charge on any atom is 0.270 e. The number of rotatable bonds is 5. The summed E-state index contributed by atoms with van der Waals surface area (Å²) in [4.78, 5) is 20.1. The molecule has 1 aliphatic rings. The molecule has 1 N–H and O–H groups in total. The Hall–Kier alpha value is -0.760. The molecule has 0 aromatic carbocycles. The molecule has 0 atom stereocenters. The summed E-state index contributed by atoms with van der Waals surface area (Å²) in [7, 11) is 2.17. The second-order valence-corrected chi connectivity index (χ2v) is 8.64. The lowest BCUT2D eigenvalue weighted by atomic mass is 9.94. The zero-order chi connectivity index (χ0) is 16.2. The number of nitrogens with one attached hydrogen (secondary N) is 1. The van der Waals surface area contributed by atoms with Crippen LogP contribution < -0.4 is 5.32 Å². The number of thiophene rings is 1. The van der Waals surface area contributed by atoms with Crippen molar-refractivity contribution in [2.24, 2.45) is 5.92 Å². The molecule has 3 heterocycles. The van der Waals surface area contributed by atoms with Gasteiger partial charge in [-0.15, -0.1) is 22.7 Å². The first-order valence-corrected chi connectivity index (χ1v) is 10.3. The lowest BCUT2D eigenvalue weighted by Gasteiger charge is -2.28. The molecule has 0 bridgehead atoms. The van der Waals surface area contributed by atoms with Crippen molar-refractivity contribution in [3.05, 3.63) is 27.0 Å². The van der Waals surface area contributed by atoms with Crippen LogP contribution in [0.2, 0.25) is 0 Å². The molecule has 7 heteroatoms. The van der Waals surface area contributed by atoms with E-state index in [1.807, 2.05) is 16.8 Å². The zero-order valence-electron chi connectivity index (χ0n) is 13.0. The van der Waals surface area contributed by atoms with Gasteiger partial charge >= 0.3 is 0 Å². The van der Waals surface area contributed by atoms with Gasteiger partial charge in [-0.3, -0.25) is 4.79 Å². The summed E-state index contributed by atoms with van der Waals surface area (Å²) in [5.41, 5.74) is 0.526. The number of carbonyl (C=O) groups excluding carboxylic acids is 1. The second-order valence-electron chi connectivity index (χ2n) is 5.96. The molecule has 2 aromatic rings. The van der Waals surface area contributed by atoms with Crippen molar-refractivity contribution in [3.63, 3.8) is 0 Å². The largest absolute Gasteiger partial charge is 0.351 e. The number of thiazole rings is 1. The van der Waals surface area contributed by atoms with E-state index in [1.165, 1.54) is 37.3 Å². The maximum atomic E-state index is 12.2. The van der Waals surface area contributed by atoms with Crippen LogP contribution >= 0.6 is 38.6 Å². The third kappa shape index (κ3) is 4.62. The Morgan fingerprint density at radius 3 is 2.87 bits per heavy atom. The molecule has 1 saturated heterocycles. The molecule has 0 aliphatic carbocycles. The van der Waals surface area contributed by atoms with Gasteiger partial charge < -0.3 is 10.2 Å². The first kappa shape index (κ1) is 17.1.